The van der Waals surface area contributed by atoms with Gasteiger partial charge in [-0.2, -0.15) is 0 Å². The van der Waals surface area contributed by atoms with Crippen LogP contribution in [-0.2, 0) is 4.79 Å². The smallest absolute Gasteiger partial charge is 0.244 e. The lowest BCUT2D eigenvalue weighted by atomic mass is 10.2. The SMILES string of the molecule is Cc1cc(F)c2c(c1)OCC(N)C(=O)N2. The molecular weight excluding hydrogens is 199 g/mol. The number of hydrogen-bond donors (Lipinski definition) is 2. The minimum absolute atomic E-state index is 0.0573. The zero-order chi connectivity index (χ0) is 11.0. The molecule has 0 bridgehead atoms. The zero-order valence-corrected chi connectivity index (χ0v) is 8.21. The number of hydrogen-bond acceptors (Lipinski definition) is 3. The predicted molar refractivity (Wildman–Crippen MR) is 53.2 cm³/mol. The standard InChI is InChI=1S/C10H11FN2O2/c1-5-2-6(11)9-8(3-5)15-4-7(12)10(14)13-9/h2-3,7H,4,12H2,1H3,(H,13,14). The number of aryl methyl sites for hydroxylation is 1. The van der Waals surface area contributed by atoms with Gasteiger partial charge in [0.15, 0.2) is 5.82 Å². The quantitative estimate of drug-likeness (QED) is 0.665. The Bertz CT molecular complexity index is 420. The van der Waals surface area contributed by atoms with Gasteiger partial charge in [-0.05, 0) is 24.6 Å². The lowest BCUT2D eigenvalue weighted by Gasteiger charge is -2.08. The first-order valence-corrected chi connectivity index (χ1v) is 4.57. The molecule has 1 aromatic rings. The van der Waals surface area contributed by atoms with Gasteiger partial charge in [-0.3, -0.25) is 4.79 Å². The van der Waals surface area contributed by atoms with Crippen LogP contribution in [0, 0.1) is 12.7 Å². The van der Waals surface area contributed by atoms with Crippen molar-refractivity contribution in [1.29, 1.82) is 0 Å². The van der Waals surface area contributed by atoms with Crippen molar-refractivity contribution in [3.8, 4) is 5.75 Å². The van der Waals surface area contributed by atoms with E-state index in [1.807, 2.05) is 0 Å². The second-order valence-corrected chi connectivity index (χ2v) is 3.53. The Morgan fingerprint density at radius 1 is 1.60 bits per heavy atom. The Kier molecular flexibility index (Phi) is 2.32. The van der Waals surface area contributed by atoms with Crippen molar-refractivity contribution >= 4 is 11.6 Å². The summed E-state index contributed by atoms with van der Waals surface area (Å²) in [6.45, 7) is 1.81. The maximum absolute atomic E-state index is 13.5. The molecule has 0 aromatic heterocycles. The van der Waals surface area contributed by atoms with E-state index in [2.05, 4.69) is 5.32 Å². The molecule has 1 unspecified atom stereocenters. The maximum atomic E-state index is 13.5. The highest BCUT2D eigenvalue weighted by Gasteiger charge is 2.23. The van der Waals surface area contributed by atoms with E-state index in [1.54, 1.807) is 13.0 Å². The Morgan fingerprint density at radius 2 is 2.33 bits per heavy atom. The maximum Gasteiger partial charge on any atom is 0.244 e. The van der Waals surface area contributed by atoms with Gasteiger partial charge in [0.2, 0.25) is 5.91 Å². The molecule has 1 amide bonds. The van der Waals surface area contributed by atoms with Crippen molar-refractivity contribution in [2.45, 2.75) is 13.0 Å². The van der Waals surface area contributed by atoms with Gasteiger partial charge in [0.1, 0.15) is 24.1 Å². The molecule has 0 saturated heterocycles. The fourth-order valence-electron chi connectivity index (χ4n) is 1.42. The number of carbonyl (C=O) groups excluding carboxylic acids is 1. The van der Waals surface area contributed by atoms with Gasteiger partial charge < -0.3 is 15.8 Å². The van der Waals surface area contributed by atoms with E-state index in [-0.39, 0.29) is 12.3 Å². The number of nitrogens with one attached hydrogen (secondary N) is 1. The van der Waals surface area contributed by atoms with E-state index in [4.69, 9.17) is 10.5 Å². The lowest BCUT2D eigenvalue weighted by molar-refractivity contribution is -0.117. The summed E-state index contributed by atoms with van der Waals surface area (Å²) in [6.07, 6.45) is 0. The molecule has 1 atom stereocenters. The number of anilines is 1. The fourth-order valence-corrected chi connectivity index (χ4v) is 1.42. The second-order valence-electron chi connectivity index (χ2n) is 3.53. The topological polar surface area (TPSA) is 64.3 Å². The van der Waals surface area contributed by atoms with Gasteiger partial charge >= 0.3 is 0 Å². The van der Waals surface area contributed by atoms with Gasteiger partial charge in [0.25, 0.3) is 0 Å². The highest BCUT2D eigenvalue weighted by molar-refractivity contribution is 5.97. The van der Waals surface area contributed by atoms with Crippen LogP contribution in [0.1, 0.15) is 5.56 Å². The summed E-state index contributed by atoms with van der Waals surface area (Å²) in [5.74, 6) is -0.613. The van der Waals surface area contributed by atoms with E-state index in [1.165, 1.54) is 6.07 Å². The molecule has 3 N–H and O–H groups in total. The highest BCUT2D eigenvalue weighted by Crippen LogP contribution is 2.30. The normalized spacial score (nSPS) is 19.9. The number of halogens is 1. The van der Waals surface area contributed by atoms with Gasteiger partial charge in [-0.1, -0.05) is 0 Å². The molecule has 0 spiro atoms. The average Bonchev–Trinajstić information content (AvgIpc) is 2.30. The molecule has 1 aliphatic heterocycles. The summed E-state index contributed by atoms with van der Waals surface area (Å²) >= 11 is 0. The highest BCUT2D eigenvalue weighted by atomic mass is 19.1. The number of carbonyl (C=O) groups is 1. The van der Waals surface area contributed by atoms with Crippen LogP contribution in [0.4, 0.5) is 10.1 Å². The van der Waals surface area contributed by atoms with Crippen LogP contribution in [-0.4, -0.2) is 18.6 Å². The first-order chi connectivity index (χ1) is 7.08. The summed E-state index contributed by atoms with van der Waals surface area (Å²) in [5.41, 5.74) is 6.29. The third-order valence-electron chi connectivity index (χ3n) is 2.20. The molecule has 80 valence electrons. The third-order valence-corrected chi connectivity index (χ3v) is 2.20. The third kappa shape index (κ3) is 1.78. The zero-order valence-electron chi connectivity index (χ0n) is 8.21. The van der Waals surface area contributed by atoms with E-state index in [9.17, 15) is 9.18 Å². The van der Waals surface area contributed by atoms with Crippen molar-refractivity contribution in [3.05, 3.63) is 23.5 Å². The minimum atomic E-state index is -0.767. The van der Waals surface area contributed by atoms with Crippen LogP contribution < -0.4 is 15.8 Å². The Balaban J connectivity index is 2.47. The molecule has 2 rings (SSSR count). The van der Waals surface area contributed by atoms with Crippen LogP contribution >= 0.6 is 0 Å². The van der Waals surface area contributed by atoms with Crippen molar-refractivity contribution in [1.82, 2.24) is 0 Å². The summed E-state index contributed by atoms with van der Waals surface area (Å²) in [6, 6.07) is 2.23. The van der Waals surface area contributed by atoms with E-state index in [0.717, 1.165) is 5.56 Å². The van der Waals surface area contributed by atoms with Crippen molar-refractivity contribution < 1.29 is 13.9 Å². The molecule has 0 fully saturated rings. The molecule has 1 aromatic carbocycles. The molecule has 1 aliphatic rings. The average molecular weight is 210 g/mol. The largest absolute Gasteiger partial charge is 0.489 e. The van der Waals surface area contributed by atoms with E-state index >= 15 is 0 Å². The van der Waals surface area contributed by atoms with E-state index in [0.29, 0.717) is 5.75 Å². The number of ether oxygens (including phenoxy) is 1. The lowest BCUT2D eigenvalue weighted by Crippen LogP contribution is -2.38. The molecule has 0 radical (unpaired) electrons. The van der Waals surface area contributed by atoms with Crippen LogP contribution in [0.2, 0.25) is 0 Å². The molecular formula is C10H11FN2O2. The van der Waals surface area contributed by atoms with Crippen molar-refractivity contribution in [2.24, 2.45) is 5.73 Å². The molecule has 0 aliphatic carbocycles. The first-order valence-electron chi connectivity index (χ1n) is 4.57. The summed E-state index contributed by atoms with van der Waals surface area (Å²) in [7, 11) is 0. The number of rotatable bonds is 0. The number of nitrogens with two attached hydrogens (primary N) is 1. The molecule has 15 heavy (non-hydrogen) atoms. The van der Waals surface area contributed by atoms with Crippen LogP contribution in [0.25, 0.3) is 0 Å². The second kappa shape index (κ2) is 3.51. The summed E-state index contributed by atoms with van der Waals surface area (Å²) in [4.78, 5) is 11.3. The van der Waals surface area contributed by atoms with Gasteiger partial charge in [-0.25, -0.2) is 4.39 Å². The fraction of sp³-hybridized carbons (Fsp3) is 0.300. The van der Waals surface area contributed by atoms with Crippen LogP contribution in [0.15, 0.2) is 12.1 Å². The Morgan fingerprint density at radius 3 is 3.07 bits per heavy atom. The van der Waals surface area contributed by atoms with Crippen LogP contribution in [0.3, 0.4) is 0 Å². The first kappa shape index (κ1) is 9.92. The van der Waals surface area contributed by atoms with Crippen molar-refractivity contribution in [3.63, 3.8) is 0 Å². The molecule has 0 saturated carbocycles. The Labute approximate surface area is 86.2 Å². The summed E-state index contributed by atoms with van der Waals surface area (Å²) in [5, 5.41) is 2.40. The predicted octanol–water partition coefficient (Wildman–Crippen LogP) is 0.792. The molecule has 1 heterocycles. The van der Waals surface area contributed by atoms with Crippen LogP contribution in [0.5, 0.6) is 5.75 Å². The monoisotopic (exact) mass is 210 g/mol. The number of fused-ring (bicyclic) bond motifs is 1. The van der Waals surface area contributed by atoms with Gasteiger partial charge in [0.05, 0.1) is 0 Å². The number of amides is 1. The number of benzene rings is 1. The van der Waals surface area contributed by atoms with E-state index < -0.39 is 17.8 Å². The summed E-state index contributed by atoms with van der Waals surface area (Å²) < 4.78 is 18.7. The molecule has 5 heteroatoms. The Hall–Kier alpha value is -1.62. The minimum Gasteiger partial charge on any atom is -0.489 e. The van der Waals surface area contributed by atoms with Gasteiger partial charge in [-0.15, -0.1) is 0 Å². The molecule has 4 nitrogen and oxygen atoms in total. The van der Waals surface area contributed by atoms with Gasteiger partial charge in [0, 0.05) is 0 Å². The van der Waals surface area contributed by atoms with Crippen molar-refractivity contribution in [2.75, 3.05) is 11.9 Å².